The van der Waals surface area contributed by atoms with Crippen molar-refractivity contribution in [2.24, 2.45) is 5.92 Å². The summed E-state index contributed by atoms with van der Waals surface area (Å²) < 4.78 is 5.81. The molecule has 76 valence electrons. The van der Waals surface area contributed by atoms with Crippen molar-refractivity contribution < 1.29 is 4.74 Å². The van der Waals surface area contributed by atoms with E-state index in [1.54, 1.807) is 0 Å². The van der Waals surface area contributed by atoms with Gasteiger partial charge in [0.15, 0.2) is 0 Å². The minimum atomic E-state index is 0.337. The van der Waals surface area contributed by atoms with Gasteiger partial charge in [-0.2, -0.15) is 0 Å². The molecule has 0 saturated carbocycles. The van der Waals surface area contributed by atoms with Gasteiger partial charge in [-0.25, -0.2) is 0 Å². The second-order valence-electron chi connectivity index (χ2n) is 4.42. The van der Waals surface area contributed by atoms with E-state index in [0.717, 1.165) is 12.5 Å². The summed E-state index contributed by atoms with van der Waals surface area (Å²) >= 11 is 0. The number of nitrogens with zero attached hydrogens (tertiary/aromatic N) is 1. The number of hydrogen-bond acceptors (Lipinski definition) is 3. The van der Waals surface area contributed by atoms with E-state index in [0.29, 0.717) is 12.3 Å². The second-order valence-corrected chi connectivity index (χ2v) is 4.42. The molecule has 0 aromatic heterocycles. The molecule has 0 amide bonds. The summed E-state index contributed by atoms with van der Waals surface area (Å²) in [6.07, 6.45) is 3.30. The highest BCUT2D eigenvalue weighted by Gasteiger charge is 2.30. The molecule has 2 unspecified atom stereocenters. The normalized spacial score (nSPS) is 38.3. The van der Waals surface area contributed by atoms with Crippen molar-refractivity contribution in [2.75, 3.05) is 26.7 Å². The Kier molecular flexibility index (Phi) is 2.86. The maximum absolute atomic E-state index is 5.81. The Bertz CT molecular complexity index is 166. The predicted octanol–water partition coefficient (Wildman–Crippen LogP) is 0.663. The molecule has 13 heavy (non-hydrogen) atoms. The average molecular weight is 184 g/mol. The zero-order chi connectivity index (χ0) is 9.26. The summed E-state index contributed by atoms with van der Waals surface area (Å²) in [6, 6.07) is 0. The van der Waals surface area contributed by atoms with Gasteiger partial charge in [0.25, 0.3) is 0 Å². The molecule has 0 bridgehead atoms. The Balaban J connectivity index is 1.81. The van der Waals surface area contributed by atoms with Crippen molar-refractivity contribution >= 4 is 0 Å². The van der Waals surface area contributed by atoms with E-state index in [1.807, 2.05) is 0 Å². The molecular formula is C10H20N2O. The van der Waals surface area contributed by atoms with Crippen molar-refractivity contribution in [2.45, 2.75) is 32.1 Å². The molecule has 2 aliphatic rings. The summed E-state index contributed by atoms with van der Waals surface area (Å²) in [5.74, 6) is 0.737. The molecule has 2 saturated heterocycles. The fourth-order valence-corrected chi connectivity index (χ4v) is 2.24. The highest BCUT2D eigenvalue weighted by Crippen LogP contribution is 2.23. The molecule has 0 aliphatic carbocycles. The van der Waals surface area contributed by atoms with Gasteiger partial charge in [-0.3, -0.25) is 5.32 Å². The predicted molar refractivity (Wildman–Crippen MR) is 52.6 cm³/mol. The molecule has 2 atom stereocenters. The number of rotatable bonds is 1. The van der Waals surface area contributed by atoms with Crippen LogP contribution in [-0.2, 0) is 4.74 Å². The number of nitrogens with one attached hydrogen (secondary N) is 1. The van der Waals surface area contributed by atoms with Crippen LogP contribution in [0.1, 0.15) is 19.8 Å². The van der Waals surface area contributed by atoms with Crippen molar-refractivity contribution in [3.05, 3.63) is 0 Å². The van der Waals surface area contributed by atoms with Crippen LogP contribution < -0.4 is 5.32 Å². The topological polar surface area (TPSA) is 24.5 Å². The van der Waals surface area contributed by atoms with E-state index >= 15 is 0 Å². The van der Waals surface area contributed by atoms with Gasteiger partial charge in [-0.15, -0.1) is 0 Å². The zero-order valence-corrected chi connectivity index (χ0v) is 8.62. The molecular weight excluding hydrogens is 164 g/mol. The molecule has 2 rings (SSSR count). The Morgan fingerprint density at radius 1 is 1.31 bits per heavy atom. The van der Waals surface area contributed by atoms with Crippen LogP contribution >= 0.6 is 0 Å². The first kappa shape index (κ1) is 9.44. The standard InChI is InChI=1S/C10H20N2O/c1-8-7-11-10(13-8)9-3-5-12(2)6-4-9/h8-11H,3-7H2,1-2H3. The maximum atomic E-state index is 5.81. The van der Waals surface area contributed by atoms with Crippen LogP contribution in [0.2, 0.25) is 0 Å². The Morgan fingerprint density at radius 2 is 2.00 bits per heavy atom. The van der Waals surface area contributed by atoms with Gasteiger partial charge in [-0.05, 0) is 39.9 Å². The van der Waals surface area contributed by atoms with Crippen LogP contribution in [0.4, 0.5) is 0 Å². The van der Waals surface area contributed by atoms with Crippen LogP contribution in [-0.4, -0.2) is 43.9 Å². The molecule has 2 fully saturated rings. The quantitative estimate of drug-likeness (QED) is 0.648. The molecule has 0 aromatic rings. The van der Waals surface area contributed by atoms with E-state index in [4.69, 9.17) is 4.74 Å². The second kappa shape index (κ2) is 3.95. The van der Waals surface area contributed by atoms with Crippen molar-refractivity contribution in [1.82, 2.24) is 10.2 Å². The Morgan fingerprint density at radius 3 is 2.54 bits per heavy atom. The molecule has 0 radical (unpaired) electrons. The number of piperidine rings is 1. The van der Waals surface area contributed by atoms with Gasteiger partial charge in [0.2, 0.25) is 0 Å². The minimum Gasteiger partial charge on any atom is -0.359 e. The summed E-state index contributed by atoms with van der Waals surface area (Å²) in [7, 11) is 2.20. The van der Waals surface area contributed by atoms with Crippen LogP contribution in [0.3, 0.4) is 0 Å². The number of likely N-dealkylation sites (tertiary alicyclic amines) is 1. The van der Waals surface area contributed by atoms with E-state index in [1.165, 1.54) is 25.9 Å². The van der Waals surface area contributed by atoms with Gasteiger partial charge in [0.1, 0.15) is 6.23 Å². The Hall–Kier alpha value is -0.120. The van der Waals surface area contributed by atoms with Gasteiger partial charge < -0.3 is 9.64 Å². The summed E-state index contributed by atoms with van der Waals surface area (Å²) in [5, 5.41) is 3.45. The first-order valence-electron chi connectivity index (χ1n) is 5.33. The SMILES string of the molecule is CC1CNC(C2CCN(C)CC2)O1. The van der Waals surface area contributed by atoms with Crippen molar-refractivity contribution in [1.29, 1.82) is 0 Å². The third kappa shape index (κ3) is 2.22. The van der Waals surface area contributed by atoms with Gasteiger partial charge in [0.05, 0.1) is 6.10 Å². The van der Waals surface area contributed by atoms with Crippen LogP contribution in [0.5, 0.6) is 0 Å². The summed E-state index contributed by atoms with van der Waals surface area (Å²) in [6.45, 7) is 5.61. The third-order valence-electron chi connectivity index (χ3n) is 3.18. The summed E-state index contributed by atoms with van der Waals surface area (Å²) in [5.41, 5.74) is 0. The van der Waals surface area contributed by atoms with Crippen LogP contribution in [0.15, 0.2) is 0 Å². The smallest absolute Gasteiger partial charge is 0.111 e. The average Bonchev–Trinajstić information content (AvgIpc) is 2.53. The van der Waals surface area contributed by atoms with E-state index < -0.39 is 0 Å². The molecule has 3 heteroatoms. The van der Waals surface area contributed by atoms with E-state index in [2.05, 4.69) is 24.2 Å². The minimum absolute atomic E-state index is 0.337. The molecule has 0 aromatic carbocycles. The van der Waals surface area contributed by atoms with Crippen molar-refractivity contribution in [3.63, 3.8) is 0 Å². The Labute approximate surface area is 80.4 Å². The number of ether oxygens (including phenoxy) is 1. The lowest BCUT2D eigenvalue weighted by molar-refractivity contribution is -0.00569. The van der Waals surface area contributed by atoms with Gasteiger partial charge in [-0.1, -0.05) is 0 Å². The summed E-state index contributed by atoms with van der Waals surface area (Å²) in [4.78, 5) is 2.40. The lowest BCUT2D eigenvalue weighted by Gasteiger charge is -2.32. The largest absolute Gasteiger partial charge is 0.359 e. The third-order valence-corrected chi connectivity index (χ3v) is 3.18. The van der Waals surface area contributed by atoms with Gasteiger partial charge >= 0.3 is 0 Å². The van der Waals surface area contributed by atoms with E-state index in [9.17, 15) is 0 Å². The molecule has 2 aliphatic heterocycles. The fraction of sp³-hybridized carbons (Fsp3) is 1.00. The lowest BCUT2D eigenvalue weighted by Crippen LogP contribution is -2.39. The first-order valence-corrected chi connectivity index (χ1v) is 5.33. The van der Waals surface area contributed by atoms with E-state index in [-0.39, 0.29) is 0 Å². The highest BCUT2D eigenvalue weighted by atomic mass is 16.5. The lowest BCUT2D eigenvalue weighted by atomic mass is 9.95. The highest BCUT2D eigenvalue weighted by molar-refractivity contribution is 4.80. The van der Waals surface area contributed by atoms with Gasteiger partial charge in [0, 0.05) is 12.5 Å². The van der Waals surface area contributed by atoms with Crippen LogP contribution in [0.25, 0.3) is 0 Å². The monoisotopic (exact) mass is 184 g/mol. The first-order chi connectivity index (χ1) is 6.25. The number of hydrogen-bond donors (Lipinski definition) is 1. The fourth-order valence-electron chi connectivity index (χ4n) is 2.24. The zero-order valence-electron chi connectivity index (χ0n) is 8.62. The molecule has 1 N–H and O–H groups in total. The van der Waals surface area contributed by atoms with Crippen molar-refractivity contribution in [3.8, 4) is 0 Å². The molecule has 0 spiro atoms. The molecule has 3 nitrogen and oxygen atoms in total. The maximum Gasteiger partial charge on any atom is 0.111 e. The molecule has 2 heterocycles. The van der Waals surface area contributed by atoms with Crippen LogP contribution in [0, 0.1) is 5.92 Å².